The van der Waals surface area contributed by atoms with Crippen molar-refractivity contribution in [2.24, 2.45) is 7.05 Å². The molecule has 0 aliphatic carbocycles. The lowest BCUT2D eigenvalue weighted by atomic mass is 10.2. The van der Waals surface area contributed by atoms with Crippen molar-refractivity contribution >= 4 is 58.1 Å². The number of halogens is 2. The number of benzene rings is 2. The molecule has 0 unspecified atom stereocenters. The second-order valence-electron chi connectivity index (χ2n) is 8.41. The normalized spacial score (nSPS) is 13.1. The smallest absolute Gasteiger partial charge is 0.322 e. The van der Waals surface area contributed by atoms with Gasteiger partial charge in [-0.15, -0.1) is 0 Å². The lowest BCUT2D eigenvalue weighted by Gasteiger charge is -2.28. The van der Waals surface area contributed by atoms with E-state index in [1.807, 2.05) is 0 Å². The van der Waals surface area contributed by atoms with Crippen LogP contribution in [-0.4, -0.2) is 38.2 Å². The molecule has 38 heavy (non-hydrogen) atoms. The fourth-order valence-corrected chi connectivity index (χ4v) is 4.26. The van der Waals surface area contributed by atoms with Crippen LogP contribution < -0.4 is 20.4 Å². The van der Waals surface area contributed by atoms with Crippen LogP contribution in [-0.2, 0) is 18.3 Å². The highest BCUT2D eigenvalue weighted by Crippen LogP contribution is 2.35. The van der Waals surface area contributed by atoms with Crippen molar-refractivity contribution in [3.8, 4) is 0 Å². The van der Waals surface area contributed by atoms with Gasteiger partial charge in [0.15, 0.2) is 5.15 Å². The van der Waals surface area contributed by atoms with Gasteiger partial charge in [0.25, 0.3) is 0 Å². The third kappa shape index (κ3) is 5.04. The molecule has 1 aliphatic heterocycles. The van der Waals surface area contributed by atoms with Crippen molar-refractivity contribution in [3.05, 3.63) is 90.1 Å². The Morgan fingerprint density at radius 3 is 2.68 bits per heavy atom. The predicted octanol–water partition coefficient (Wildman–Crippen LogP) is 5.19. The number of hydrogen-bond acceptors (Lipinski definition) is 6. The van der Waals surface area contributed by atoms with Gasteiger partial charge in [-0.1, -0.05) is 24.2 Å². The van der Waals surface area contributed by atoms with E-state index >= 15 is 0 Å². The first-order valence-electron chi connectivity index (χ1n) is 11.5. The molecule has 4 aromatic rings. The number of hydrogen-bond donors (Lipinski definition) is 2. The standard InChI is InChI=1S/C26H22ClFN8O2/c1-3-22(37)30-18-5-4-6-20(13-18)36-24-16(11-12-35(26(36)38)19-9-7-17(28)8-10-19)14-29-25(32-24)31-21-15-34(2)33-23(21)27/h3-10,13-15H,1,11-12H2,2H3,(H,30,37)(H,29,31,32). The fourth-order valence-electron chi connectivity index (χ4n) is 4.04. The first kappa shape index (κ1) is 24.9. The van der Waals surface area contributed by atoms with E-state index < -0.39 is 11.8 Å². The van der Waals surface area contributed by atoms with E-state index in [9.17, 15) is 14.0 Å². The van der Waals surface area contributed by atoms with Crippen LogP contribution in [0.15, 0.2) is 73.6 Å². The van der Waals surface area contributed by atoms with Crippen LogP contribution in [0.25, 0.3) is 0 Å². The molecule has 0 spiro atoms. The highest BCUT2D eigenvalue weighted by molar-refractivity contribution is 6.32. The van der Waals surface area contributed by atoms with Crippen LogP contribution >= 0.6 is 11.6 Å². The van der Waals surface area contributed by atoms with E-state index in [1.165, 1.54) is 17.0 Å². The summed E-state index contributed by atoms with van der Waals surface area (Å²) in [6.45, 7) is 3.79. The Morgan fingerprint density at radius 2 is 1.97 bits per heavy atom. The van der Waals surface area contributed by atoms with Crippen molar-refractivity contribution in [1.82, 2.24) is 19.7 Å². The van der Waals surface area contributed by atoms with E-state index in [2.05, 4.69) is 32.3 Å². The summed E-state index contributed by atoms with van der Waals surface area (Å²) in [4.78, 5) is 38.0. The number of aryl methyl sites for hydroxylation is 1. The lowest BCUT2D eigenvalue weighted by Crippen LogP contribution is -2.40. The minimum atomic E-state index is -0.411. The van der Waals surface area contributed by atoms with Crippen LogP contribution in [0.2, 0.25) is 5.15 Å². The van der Waals surface area contributed by atoms with E-state index in [0.717, 1.165) is 6.08 Å². The average Bonchev–Trinajstić information content (AvgIpc) is 3.14. The molecule has 3 amide bonds. The molecule has 0 radical (unpaired) electrons. The summed E-state index contributed by atoms with van der Waals surface area (Å²) < 4.78 is 15.2. The van der Waals surface area contributed by atoms with Crippen LogP contribution in [0.4, 0.5) is 43.7 Å². The minimum absolute atomic E-state index is 0.211. The van der Waals surface area contributed by atoms with Crippen LogP contribution in [0, 0.1) is 5.82 Å². The molecule has 0 fully saturated rings. The van der Waals surface area contributed by atoms with Crippen molar-refractivity contribution in [2.45, 2.75) is 6.42 Å². The Balaban J connectivity index is 1.60. The Bertz CT molecular complexity index is 1540. The summed E-state index contributed by atoms with van der Waals surface area (Å²) in [5, 5.41) is 10.1. The molecule has 2 aromatic carbocycles. The number of nitrogens with zero attached hydrogens (tertiary/aromatic N) is 6. The molecule has 0 saturated heterocycles. The molecular formula is C26H22ClFN8O2. The van der Waals surface area contributed by atoms with Crippen molar-refractivity contribution in [1.29, 1.82) is 0 Å². The first-order valence-corrected chi connectivity index (χ1v) is 11.9. The molecule has 192 valence electrons. The predicted molar refractivity (Wildman–Crippen MR) is 144 cm³/mol. The van der Waals surface area contributed by atoms with Gasteiger partial charge >= 0.3 is 6.03 Å². The number of aromatic nitrogens is 4. The summed E-state index contributed by atoms with van der Waals surface area (Å²) in [6.07, 6.45) is 4.93. The zero-order chi connectivity index (χ0) is 26.8. The number of carbonyl (C=O) groups excluding carboxylic acids is 2. The van der Waals surface area contributed by atoms with Gasteiger partial charge in [-0.25, -0.2) is 19.1 Å². The van der Waals surface area contributed by atoms with Crippen LogP contribution in [0.5, 0.6) is 0 Å². The summed E-state index contributed by atoms with van der Waals surface area (Å²) in [7, 11) is 1.73. The number of rotatable bonds is 6. The summed E-state index contributed by atoms with van der Waals surface area (Å²) >= 11 is 6.19. The highest BCUT2D eigenvalue weighted by atomic mass is 35.5. The molecule has 1 aliphatic rings. The van der Waals surface area contributed by atoms with Gasteiger partial charge in [0.1, 0.15) is 11.6 Å². The molecule has 0 atom stereocenters. The van der Waals surface area contributed by atoms with Gasteiger partial charge in [-0.05, 0) is 55.0 Å². The largest absolute Gasteiger partial charge is 0.334 e. The van der Waals surface area contributed by atoms with Gasteiger partial charge in [0.05, 0.1) is 11.4 Å². The maximum atomic E-state index is 14.1. The molecule has 2 aromatic heterocycles. The molecule has 10 nitrogen and oxygen atoms in total. The zero-order valence-electron chi connectivity index (χ0n) is 20.2. The lowest BCUT2D eigenvalue weighted by molar-refractivity contribution is -0.111. The molecule has 12 heteroatoms. The molecule has 5 rings (SSSR count). The summed E-state index contributed by atoms with van der Waals surface area (Å²) in [5.74, 6) is -0.232. The quantitative estimate of drug-likeness (QED) is 0.331. The zero-order valence-corrected chi connectivity index (χ0v) is 21.0. The highest BCUT2D eigenvalue weighted by Gasteiger charge is 2.32. The molecule has 0 bridgehead atoms. The second-order valence-corrected chi connectivity index (χ2v) is 8.77. The summed E-state index contributed by atoms with van der Waals surface area (Å²) in [6, 6.07) is 12.1. The number of urea groups is 1. The van der Waals surface area contributed by atoms with Crippen molar-refractivity contribution in [2.75, 3.05) is 27.0 Å². The second kappa shape index (κ2) is 10.3. The monoisotopic (exact) mass is 532 g/mol. The van der Waals surface area contributed by atoms with Crippen molar-refractivity contribution in [3.63, 3.8) is 0 Å². The SMILES string of the molecule is C=CC(=O)Nc1cccc(N2C(=O)N(c3ccc(F)cc3)CCc3cnc(Nc4cn(C)nc4Cl)nc32)c1. The fraction of sp³-hybridized carbons (Fsp3) is 0.115. The molecule has 2 N–H and O–H groups in total. The van der Waals surface area contributed by atoms with Gasteiger partial charge in [-0.3, -0.25) is 14.4 Å². The molecular weight excluding hydrogens is 511 g/mol. The average molecular weight is 533 g/mol. The maximum absolute atomic E-state index is 14.1. The summed E-state index contributed by atoms with van der Waals surface area (Å²) in [5.41, 5.74) is 2.66. The van der Waals surface area contributed by atoms with Crippen LogP contribution in [0.1, 0.15) is 5.56 Å². The number of amides is 3. The minimum Gasteiger partial charge on any atom is -0.322 e. The molecule has 3 heterocycles. The van der Waals surface area contributed by atoms with Crippen molar-refractivity contribution < 1.29 is 14.0 Å². The van der Waals surface area contributed by atoms with Gasteiger partial charge < -0.3 is 10.6 Å². The van der Waals surface area contributed by atoms with E-state index in [4.69, 9.17) is 11.6 Å². The Kier molecular flexibility index (Phi) is 6.75. The molecule has 0 saturated carbocycles. The van der Waals surface area contributed by atoms with E-state index in [0.29, 0.717) is 47.1 Å². The van der Waals surface area contributed by atoms with E-state index in [1.54, 1.807) is 65.4 Å². The Morgan fingerprint density at radius 1 is 1.18 bits per heavy atom. The maximum Gasteiger partial charge on any atom is 0.334 e. The van der Waals surface area contributed by atoms with E-state index in [-0.39, 0.29) is 17.0 Å². The van der Waals surface area contributed by atoms with Gasteiger partial charge in [0.2, 0.25) is 11.9 Å². The van der Waals surface area contributed by atoms with Crippen LogP contribution in [0.3, 0.4) is 0 Å². The third-order valence-electron chi connectivity index (χ3n) is 5.81. The number of anilines is 6. The Labute approximate surface area is 222 Å². The van der Waals surface area contributed by atoms with Gasteiger partial charge in [0, 0.05) is 42.9 Å². The first-order chi connectivity index (χ1) is 18.3. The number of carbonyl (C=O) groups is 2. The number of fused-ring (bicyclic) bond motifs is 1. The Hall–Kier alpha value is -4.77. The number of nitrogens with one attached hydrogen (secondary N) is 2. The third-order valence-corrected chi connectivity index (χ3v) is 6.09. The van der Waals surface area contributed by atoms with Gasteiger partial charge in [-0.2, -0.15) is 10.1 Å². The topological polar surface area (TPSA) is 108 Å².